The van der Waals surface area contributed by atoms with E-state index in [4.69, 9.17) is 10.5 Å². The molecule has 32 heteroatoms. The number of aliphatic hydroxyl groups is 2. The molecule has 0 aliphatic carbocycles. The number of amides is 2. The molecular weight excluding hydrogens is 947 g/mol. The van der Waals surface area contributed by atoms with Gasteiger partial charge in [-0.3, -0.25) is 28.1 Å². The van der Waals surface area contributed by atoms with E-state index in [1.54, 1.807) is 6.92 Å². The van der Waals surface area contributed by atoms with Crippen molar-refractivity contribution in [3.8, 4) is 0 Å². The zero-order valence-corrected chi connectivity index (χ0v) is 37.3. The van der Waals surface area contributed by atoms with Gasteiger partial charge in [-0.15, -0.1) is 0 Å². The number of aliphatic hydroxyl groups excluding tert-OH is 2. The van der Waals surface area contributed by atoms with Crippen LogP contribution in [0.2, 0.25) is 0 Å². The first-order valence-electron chi connectivity index (χ1n) is 17.8. The van der Waals surface area contributed by atoms with Crippen LogP contribution >= 0.6 is 35.2 Å². The lowest BCUT2D eigenvalue weighted by Crippen LogP contribution is -2.46. The number of fused-ring (bicyclic) bond motifs is 1. The molecule has 0 radical (unpaired) electrons. The molecule has 0 saturated carbocycles. The van der Waals surface area contributed by atoms with Gasteiger partial charge in [0.25, 0.3) is 15.6 Å². The number of phosphoric acid groups is 3. The summed E-state index contributed by atoms with van der Waals surface area (Å²) in [7, 11) is -22.3. The van der Waals surface area contributed by atoms with Crippen molar-refractivity contribution >= 4 is 84.8 Å². The maximum Gasteiger partial charge on any atom is 0.274 e. The minimum absolute atomic E-state index is 0.0275. The third-order valence-corrected chi connectivity index (χ3v) is 13.3. The Morgan fingerprint density at radius 2 is 1.70 bits per heavy atom. The van der Waals surface area contributed by atoms with Gasteiger partial charge in [0.2, 0.25) is 16.9 Å². The first-order chi connectivity index (χ1) is 29.1. The maximum absolute atomic E-state index is 12.6. The van der Waals surface area contributed by atoms with Crippen molar-refractivity contribution in [3.05, 3.63) is 48.6 Å². The number of imidazole rings is 1. The van der Waals surface area contributed by atoms with Crippen LogP contribution in [-0.4, -0.2) is 116 Å². The van der Waals surface area contributed by atoms with Crippen LogP contribution in [0, 0.1) is 5.41 Å². The van der Waals surface area contributed by atoms with E-state index >= 15 is 0 Å². The Balaban J connectivity index is 1.20. The SMILES string of the molecule is C/C(=C/C(=O)SCCNC(=O)CCNC(=O)C(O)C(C)(C)COP(=O)([O-])OP(=O)([O-])OCC1OC(n2cnc3c(N)ncnc32)C(O)C1OP(=O)([O-])[O-])c1ccc(S(=O)(=O)[O-])cc1. The standard InChI is InChI=1S/C31H44N7O20P3S2/c1-17(18-4-6-19(7-5-18)63(51,52)53)12-22(40)62-11-10-33-21(39)8-9-34-29(43)26(42)31(2,3)14-55-61(49,50)58-60(47,48)54-13-20-25(57-59(44,45)46)24(41)30(56-20)38-16-37-23-27(32)35-15-36-28(23)38/h4-7,12,15-16,20,24-26,30,41-42H,8-11,13-14H2,1-3H3,(H,33,39)(H,34,43)(H,47,48)(H,49,50)(H2,32,35,36)(H2,44,45,46)(H,51,52,53)/p-5/b17-12-. The van der Waals surface area contributed by atoms with E-state index in [0.29, 0.717) is 11.1 Å². The second kappa shape index (κ2) is 21.2. The lowest BCUT2D eigenvalue weighted by Gasteiger charge is -2.36. The zero-order chi connectivity index (χ0) is 47.1. The molecule has 2 amide bonds. The number of nitrogens with two attached hydrogens (primary N) is 1. The van der Waals surface area contributed by atoms with E-state index in [-0.39, 0.29) is 47.4 Å². The third-order valence-electron chi connectivity index (χ3n) is 8.65. The Kier molecular flexibility index (Phi) is 17.5. The quantitative estimate of drug-likeness (QED) is 0.0293. The number of aromatic nitrogens is 4. The average molecular weight is 987 g/mol. The normalized spacial score (nSPS) is 21.1. The number of phosphoric ester groups is 3. The molecule has 7 unspecified atom stereocenters. The molecule has 4 rings (SSSR count). The number of hydrogen-bond donors (Lipinski definition) is 5. The summed E-state index contributed by atoms with van der Waals surface area (Å²) in [4.78, 5) is 96.2. The highest BCUT2D eigenvalue weighted by atomic mass is 32.2. The maximum atomic E-state index is 12.6. The fourth-order valence-electron chi connectivity index (χ4n) is 5.45. The number of nitrogen functional groups attached to an aromatic ring is 1. The number of ether oxygens (including phenoxy) is 1. The van der Waals surface area contributed by atoms with Gasteiger partial charge in [0, 0.05) is 30.7 Å². The van der Waals surface area contributed by atoms with E-state index < -0.39 is 99.6 Å². The number of rotatable bonds is 22. The van der Waals surface area contributed by atoms with Gasteiger partial charge in [0.1, 0.15) is 46.4 Å². The van der Waals surface area contributed by atoms with Crippen LogP contribution in [-0.2, 0) is 60.8 Å². The van der Waals surface area contributed by atoms with Crippen molar-refractivity contribution in [2.45, 2.75) is 62.7 Å². The van der Waals surface area contributed by atoms with Crippen LogP contribution < -0.4 is 35.9 Å². The predicted octanol–water partition coefficient (Wildman–Crippen LogP) is -2.86. The number of carbonyl (C=O) groups excluding carboxylic acids is 3. The molecule has 0 spiro atoms. The van der Waals surface area contributed by atoms with Gasteiger partial charge in [0.15, 0.2) is 17.7 Å². The predicted molar refractivity (Wildman–Crippen MR) is 206 cm³/mol. The monoisotopic (exact) mass is 986 g/mol. The summed E-state index contributed by atoms with van der Waals surface area (Å²) >= 11 is 0.867. The number of anilines is 1. The largest absolute Gasteiger partial charge is 0.790 e. The zero-order valence-electron chi connectivity index (χ0n) is 32.9. The molecule has 1 saturated heterocycles. The second-order valence-electron chi connectivity index (χ2n) is 14.0. The van der Waals surface area contributed by atoms with E-state index in [9.17, 15) is 70.8 Å². The molecule has 0 bridgehead atoms. The van der Waals surface area contributed by atoms with Gasteiger partial charge >= 0.3 is 0 Å². The Labute approximate surface area is 362 Å². The molecule has 3 aromatic rings. The van der Waals surface area contributed by atoms with Crippen LogP contribution in [0.15, 0.2) is 47.9 Å². The highest BCUT2D eigenvalue weighted by molar-refractivity contribution is 8.14. The van der Waals surface area contributed by atoms with Gasteiger partial charge in [0.05, 0.1) is 32.3 Å². The molecule has 63 heavy (non-hydrogen) atoms. The summed E-state index contributed by atoms with van der Waals surface area (Å²) in [5.41, 5.74) is 4.99. The average Bonchev–Trinajstić information content (AvgIpc) is 3.74. The molecule has 3 heterocycles. The van der Waals surface area contributed by atoms with E-state index in [0.717, 1.165) is 55.0 Å². The van der Waals surface area contributed by atoms with E-state index in [2.05, 4.69) is 43.5 Å². The molecular formula is C31H39N7O20P3S2-5. The first kappa shape index (κ1) is 52.1. The molecule has 1 aliphatic heterocycles. The second-order valence-corrected chi connectivity index (χ2v) is 20.5. The molecule has 1 aliphatic rings. The van der Waals surface area contributed by atoms with Gasteiger partial charge in [-0.1, -0.05) is 37.7 Å². The van der Waals surface area contributed by atoms with Gasteiger partial charge in [-0.05, 0) is 36.3 Å². The Morgan fingerprint density at radius 1 is 1.05 bits per heavy atom. The summed E-state index contributed by atoms with van der Waals surface area (Å²) in [6.07, 6.45) is -6.55. The molecule has 350 valence electrons. The summed E-state index contributed by atoms with van der Waals surface area (Å²) in [5.74, 6) is -1.55. The van der Waals surface area contributed by atoms with Crippen molar-refractivity contribution in [2.75, 3.05) is 37.8 Å². The van der Waals surface area contributed by atoms with Gasteiger partial charge in [-0.2, -0.15) is 0 Å². The van der Waals surface area contributed by atoms with Crippen molar-refractivity contribution < 1.29 is 93.5 Å². The van der Waals surface area contributed by atoms with Gasteiger partial charge in [-0.25, -0.2) is 27.7 Å². The fourth-order valence-corrected chi connectivity index (χ4v) is 9.32. The highest BCUT2D eigenvalue weighted by Crippen LogP contribution is 2.56. The Bertz CT molecular complexity index is 2430. The summed E-state index contributed by atoms with van der Waals surface area (Å²) in [6.45, 7) is 1.35. The number of nitrogens with zero attached hydrogens (tertiary/aromatic N) is 4. The molecule has 6 N–H and O–H groups in total. The number of thioether (sulfide) groups is 1. The number of carbonyl (C=O) groups is 3. The van der Waals surface area contributed by atoms with Crippen LogP contribution in [0.1, 0.15) is 39.0 Å². The van der Waals surface area contributed by atoms with Crippen LogP contribution in [0.4, 0.5) is 5.82 Å². The lowest BCUT2D eigenvalue weighted by molar-refractivity contribution is -0.347. The Morgan fingerprint density at radius 3 is 2.33 bits per heavy atom. The molecule has 1 fully saturated rings. The molecule has 2 aromatic heterocycles. The van der Waals surface area contributed by atoms with Crippen molar-refractivity contribution in [1.29, 1.82) is 0 Å². The first-order valence-corrected chi connectivity index (χ1v) is 24.6. The van der Waals surface area contributed by atoms with Crippen molar-refractivity contribution in [2.24, 2.45) is 5.41 Å². The highest BCUT2D eigenvalue weighted by Gasteiger charge is 2.47. The summed E-state index contributed by atoms with van der Waals surface area (Å²) in [6, 6.07) is 4.99. The third kappa shape index (κ3) is 15.3. The van der Waals surface area contributed by atoms with E-state index in [1.165, 1.54) is 18.2 Å². The minimum atomic E-state index is -5.95. The van der Waals surface area contributed by atoms with Crippen LogP contribution in [0.25, 0.3) is 16.7 Å². The number of benzene rings is 1. The smallest absolute Gasteiger partial charge is 0.274 e. The van der Waals surface area contributed by atoms with E-state index in [1.807, 2.05) is 0 Å². The van der Waals surface area contributed by atoms with Gasteiger partial charge < -0.3 is 73.6 Å². The molecule has 7 atom stereocenters. The molecule has 1 aromatic carbocycles. The fraction of sp³-hybridized carbons (Fsp3) is 0.484. The Hall–Kier alpha value is -3.57. The number of allylic oxidation sites excluding steroid dienone is 1. The van der Waals surface area contributed by atoms with Crippen molar-refractivity contribution in [1.82, 2.24) is 30.2 Å². The number of hydrogen-bond acceptors (Lipinski definition) is 25. The number of nitrogens with one attached hydrogen (secondary N) is 2. The summed E-state index contributed by atoms with van der Waals surface area (Å²) < 4.78 is 93.8. The van der Waals surface area contributed by atoms with Crippen LogP contribution in [0.3, 0.4) is 0 Å². The lowest BCUT2D eigenvalue weighted by atomic mass is 9.87. The summed E-state index contributed by atoms with van der Waals surface area (Å²) in [5, 5.41) is 25.8. The molecule has 27 nitrogen and oxygen atoms in total. The van der Waals surface area contributed by atoms with Crippen molar-refractivity contribution in [3.63, 3.8) is 0 Å². The minimum Gasteiger partial charge on any atom is -0.790 e. The van der Waals surface area contributed by atoms with Crippen LogP contribution in [0.5, 0.6) is 0 Å². The topological polar surface area (TPSA) is 432 Å².